The first-order chi connectivity index (χ1) is 6.86. The summed E-state index contributed by atoms with van der Waals surface area (Å²) in [6.07, 6.45) is 8.47. The van der Waals surface area contributed by atoms with E-state index >= 15 is 0 Å². The maximum Gasteiger partial charge on any atom is 0.0571 e. The molecule has 1 aliphatic carbocycles. The molecular weight excluding hydrogens is 176 g/mol. The van der Waals surface area contributed by atoms with Crippen LogP contribution in [0.15, 0.2) is 0 Å². The van der Waals surface area contributed by atoms with Crippen LogP contribution in [0.5, 0.6) is 0 Å². The van der Waals surface area contributed by atoms with E-state index in [1.165, 1.54) is 25.7 Å². The normalized spacial score (nSPS) is 28.1. The first-order valence-electron chi connectivity index (χ1n) is 6.12. The van der Waals surface area contributed by atoms with Crippen molar-refractivity contribution in [2.45, 2.75) is 51.0 Å². The van der Waals surface area contributed by atoms with E-state index in [9.17, 15) is 5.11 Å². The molecule has 2 rings (SSSR count). The quantitative estimate of drug-likeness (QED) is 0.754. The number of rotatable bonds is 3. The van der Waals surface area contributed by atoms with E-state index in [0.717, 1.165) is 38.4 Å². The van der Waals surface area contributed by atoms with Gasteiger partial charge >= 0.3 is 0 Å². The summed E-state index contributed by atoms with van der Waals surface area (Å²) in [7, 11) is 0. The molecule has 1 heterocycles. The summed E-state index contributed by atoms with van der Waals surface area (Å²) in [5, 5.41) is 10.1. The van der Waals surface area contributed by atoms with Gasteiger partial charge in [-0.3, -0.25) is 0 Å². The number of hydrogen-bond donors (Lipinski definition) is 1. The summed E-state index contributed by atoms with van der Waals surface area (Å²) in [4.78, 5) is 0. The standard InChI is InChI=1S/C12H22O2/c13-12(11-3-1-2-4-11)9-10-5-7-14-8-6-10/h10-13H,1-9H2. The van der Waals surface area contributed by atoms with Crippen LogP contribution in [0, 0.1) is 11.8 Å². The topological polar surface area (TPSA) is 29.5 Å². The molecule has 2 fully saturated rings. The van der Waals surface area contributed by atoms with Crippen LogP contribution in [0.25, 0.3) is 0 Å². The molecule has 1 aliphatic heterocycles. The van der Waals surface area contributed by atoms with E-state index in [1.54, 1.807) is 0 Å². The SMILES string of the molecule is OC(CC1CCOCC1)C1CCCC1. The van der Waals surface area contributed by atoms with Gasteiger partial charge in [0.2, 0.25) is 0 Å². The predicted octanol–water partition coefficient (Wildman–Crippen LogP) is 2.35. The Morgan fingerprint density at radius 3 is 2.36 bits per heavy atom. The first-order valence-corrected chi connectivity index (χ1v) is 6.12. The minimum atomic E-state index is -0.0272. The van der Waals surface area contributed by atoms with Gasteiger partial charge in [-0.25, -0.2) is 0 Å². The lowest BCUT2D eigenvalue weighted by Crippen LogP contribution is -2.25. The second kappa shape index (κ2) is 5.13. The van der Waals surface area contributed by atoms with Crippen LogP contribution in [0.1, 0.15) is 44.9 Å². The molecule has 0 aromatic heterocycles. The fourth-order valence-electron chi connectivity index (χ4n) is 2.86. The molecular formula is C12H22O2. The van der Waals surface area contributed by atoms with Crippen molar-refractivity contribution in [2.75, 3.05) is 13.2 Å². The van der Waals surface area contributed by atoms with Gasteiger partial charge in [0.1, 0.15) is 0 Å². The van der Waals surface area contributed by atoms with Gasteiger partial charge in [-0.2, -0.15) is 0 Å². The summed E-state index contributed by atoms with van der Waals surface area (Å²) >= 11 is 0. The van der Waals surface area contributed by atoms with Crippen LogP contribution < -0.4 is 0 Å². The van der Waals surface area contributed by atoms with Gasteiger partial charge in [-0.05, 0) is 43.9 Å². The number of hydrogen-bond acceptors (Lipinski definition) is 2. The molecule has 0 spiro atoms. The van der Waals surface area contributed by atoms with Gasteiger partial charge in [0.05, 0.1) is 6.10 Å². The lowest BCUT2D eigenvalue weighted by molar-refractivity contribution is 0.0285. The van der Waals surface area contributed by atoms with Crippen LogP contribution in [0.2, 0.25) is 0 Å². The zero-order valence-corrected chi connectivity index (χ0v) is 8.95. The smallest absolute Gasteiger partial charge is 0.0571 e. The van der Waals surface area contributed by atoms with E-state index in [0.29, 0.717) is 5.92 Å². The Hall–Kier alpha value is -0.0800. The van der Waals surface area contributed by atoms with Crippen molar-refractivity contribution >= 4 is 0 Å². The lowest BCUT2D eigenvalue weighted by atomic mass is 9.88. The molecule has 82 valence electrons. The average Bonchev–Trinajstić information content (AvgIpc) is 2.72. The molecule has 0 bridgehead atoms. The molecule has 1 saturated carbocycles. The molecule has 2 heteroatoms. The molecule has 2 aliphatic rings. The molecule has 14 heavy (non-hydrogen) atoms. The predicted molar refractivity (Wildman–Crippen MR) is 56.1 cm³/mol. The Kier molecular flexibility index (Phi) is 3.82. The summed E-state index contributed by atoms with van der Waals surface area (Å²) in [5.74, 6) is 1.33. The van der Waals surface area contributed by atoms with Gasteiger partial charge in [0.25, 0.3) is 0 Å². The molecule has 0 aromatic rings. The van der Waals surface area contributed by atoms with Crippen LogP contribution in [-0.4, -0.2) is 24.4 Å². The second-order valence-electron chi connectivity index (χ2n) is 4.90. The Morgan fingerprint density at radius 1 is 1.07 bits per heavy atom. The zero-order valence-electron chi connectivity index (χ0n) is 8.95. The minimum Gasteiger partial charge on any atom is -0.393 e. The van der Waals surface area contributed by atoms with E-state index in [1.807, 2.05) is 0 Å². The Bertz CT molecular complexity index is 158. The van der Waals surface area contributed by atoms with Crippen molar-refractivity contribution in [3.8, 4) is 0 Å². The maximum absolute atomic E-state index is 10.1. The molecule has 2 nitrogen and oxygen atoms in total. The van der Waals surface area contributed by atoms with E-state index in [4.69, 9.17) is 4.74 Å². The summed E-state index contributed by atoms with van der Waals surface area (Å²) in [6, 6.07) is 0. The Morgan fingerprint density at radius 2 is 1.71 bits per heavy atom. The average molecular weight is 198 g/mol. The largest absolute Gasteiger partial charge is 0.393 e. The number of aliphatic hydroxyl groups excluding tert-OH is 1. The molecule has 0 amide bonds. The van der Waals surface area contributed by atoms with Crippen LogP contribution >= 0.6 is 0 Å². The summed E-state index contributed by atoms with van der Waals surface area (Å²) in [6.45, 7) is 1.81. The van der Waals surface area contributed by atoms with Crippen molar-refractivity contribution < 1.29 is 9.84 Å². The fraction of sp³-hybridized carbons (Fsp3) is 1.00. The van der Waals surface area contributed by atoms with Gasteiger partial charge in [0.15, 0.2) is 0 Å². The molecule has 0 aromatic carbocycles. The Balaban J connectivity index is 1.72. The third-order valence-corrected chi connectivity index (χ3v) is 3.86. The van der Waals surface area contributed by atoms with E-state index < -0.39 is 0 Å². The van der Waals surface area contributed by atoms with Gasteiger partial charge in [0, 0.05) is 13.2 Å². The third-order valence-electron chi connectivity index (χ3n) is 3.86. The molecule has 1 atom stereocenters. The van der Waals surface area contributed by atoms with Crippen molar-refractivity contribution in [3.05, 3.63) is 0 Å². The van der Waals surface area contributed by atoms with Gasteiger partial charge < -0.3 is 9.84 Å². The van der Waals surface area contributed by atoms with Crippen LogP contribution in [0.4, 0.5) is 0 Å². The maximum atomic E-state index is 10.1. The minimum absolute atomic E-state index is 0.0272. The fourth-order valence-corrected chi connectivity index (χ4v) is 2.86. The van der Waals surface area contributed by atoms with Crippen molar-refractivity contribution in [2.24, 2.45) is 11.8 Å². The highest BCUT2D eigenvalue weighted by atomic mass is 16.5. The van der Waals surface area contributed by atoms with Gasteiger partial charge in [-0.15, -0.1) is 0 Å². The molecule has 1 saturated heterocycles. The number of aliphatic hydroxyl groups is 1. The second-order valence-corrected chi connectivity index (χ2v) is 4.90. The van der Waals surface area contributed by atoms with E-state index in [-0.39, 0.29) is 6.10 Å². The highest BCUT2D eigenvalue weighted by Gasteiger charge is 2.26. The van der Waals surface area contributed by atoms with Crippen molar-refractivity contribution in [1.82, 2.24) is 0 Å². The Labute approximate surface area is 86.6 Å². The van der Waals surface area contributed by atoms with Crippen molar-refractivity contribution in [1.29, 1.82) is 0 Å². The highest BCUT2D eigenvalue weighted by Crippen LogP contribution is 2.32. The third kappa shape index (κ3) is 2.71. The molecule has 1 N–H and O–H groups in total. The van der Waals surface area contributed by atoms with Crippen LogP contribution in [-0.2, 0) is 4.74 Å². The van der Waals surface area contributed by atoms with Gasteiger partial charge in [-0.1, -0.05) is 12.8 Å². The highest BCUT2D eigenvalue weighted by molar-refractivity contribution is 4.77. The monoisotopic (exact) mass is 198 g/mol. The first kappa shape index (κ1) is 10.4. The van der Waals surface area contributed by atoms with Crippen molar-refractivity contribution in [3.63, 3.8) is 0 Å². The summed E-state index contributed by atoms with van der Waals surface area (Å²) < 4.78 is 5.33. The number of ether oxygens (including phenoxy) is 1. The lowest BCUT2D eigenvalue weighted by Gasteiger charge is -2.26. The van der Waals surface area contributed by atoms with E-state index in [2.05, 4.69) is 0 Å². The van der Waals surface area contributed by atoms with Crippen LogP contribution in [0.3, 0.4) is 0 Å². The zero-order chi connectivity index (χ0) is 9.80. The summed E-state index contributed by atoms with van der Waals surface area (Å²) in [5.41, 5.74) is 0. The molecule has 1 unspecified atom stereocenters. The molecule has 0 radical (unpaired) electrons.